The Morgan fingerprint density at radius 2 is 1.86 bits per heavy atom. The molecule has 0 spiro atoms. The van der Waals surface area contributed by atoms with Crippen LogP contribution in [0.2, 0.25) is 5.02 Å². The fourth-order valence-corrected chi connectivity index (χ4v) is 3.63. The van der Waals surface area contributed by atoms with Gasteiger partial charge in [0.25, 0.3) is 5.91 Å². The van der Waals surface area contributed by atoms with Crippen LogP contribution in [0.25, 0.3) is 0 Å². The molecule has 1 unspecified atom stereocenters. The van der Waals surface area contributed by atoms with Gasteiger partial charge in [0.1, 0.15) is 11.9 Å². The fraction of sp³-hybridized carbons (Fsp3) is 0.364. The second kappa shape index (κ2) is 9.37. The van der Waals surface area contributed by atoms with Crippen molar-refractivity contribution in [2.45, 2.75) is 31.2 Å². The minimum atomic E-state index is -0.720. The van der Waals surface area contributed by atoms with E-state index in [1.54, 1.807) is 37.3 Å². The van der Waals surface area contributed by atoms with Gasteiger partial charge in [-0.05, 0) is 61.7 Å². The first-order valence-electron chi connectivity index (χ1n) is 9.58. The summed E-state index contributed by atoms with van der Waals surface area (Å²) in [6, 6.07) is 12.2. The first kappa shape index (κ1) is 21.3. The quantitative estimate of drug-likeness (QED) is 0.754. The van der Waals surface area contributed by atoms with Crippen molar-refractivity contribution < 1.29 is 18.7 Å². The van der Waals surface area contributed by atoms with E-state index in [0.717, 1.165) is 5.56 Å². The molecule has 2 amide bonds. The minimum absolute atomic E-state index is 0.297. The van der Waals surface area contributed by atoms with Gasteiger partial charge in [0.05, 0.1) is 0 Å². The summed E-state index contributed by atoms with van der Waals surface area (Å²) in [5.74, 6) is -0.951. The average molecular weight is 419 g/mol. The van der Waals surface area contributed by atoms with E-state index in [-0.39, 0.29) is 17.6 Å². The van der Waals surface area contributed by atoms with Crippen molar-refractivity contribution in [3.8, 4) is 0 Å². The SMILES string of the molecule is CC(NC(=O)c1ccc(Cl)cc1)C(=O)NCC1(c2cccc(F)c2)CCOCC1. The van der Waals surface area contributed by atoms with Crippen molar-refractivity contribution in [3.05, 3.63) is 70.5 Å². The molecule has 1 aliphatic heterocycles. The summed E-state index contributed by atoms with van der Waals surface area (Å²) >= 11 is 5.83. The number of hydrogen-bond donors (Lipinski definition) is 2. The predicted octanol–water partition coefficient (Wildman–Crippen LogP) is 3.46. The lowest BCUT2D eigenvalue weighted by molar-refractivity contribution is -0.123. The van der Waals surface area contributed by atoms with Crippen molar-refractivity contribution in [2.75, 3.05) is 19.8 Å². The van der Waals surface area contributed by atoms with Crippen LogP contribution in [0.4, 0.5) is 4.39 Å². The molecule has 1 saturated heterocycles. The summed E-state index contributed by atoms with van der Waals surface area (Å²) < 4.78 is 19.2. The molecule has 0 aromatic heterocycles. The Balaban J connectivity index is 1.63. The van der Waals surface area contributed by atoms with E-state index in [0.29, 0.717) is 43.2 Å². The molecule has 3 rings (SSSR count). The molecule has 7 heteroatoms. The van der Waals surface area contributed by atoms with Gasteiger partial charge in [0.15, 0.2) is 0 Å². The van der Waals surface area contributed by atoms with Crippen molar-refractivity contribution in [1.29, 1.82) is 0 Å². The standard InChI is InChI=1S/C22H24ClFN2O3/c1-15(26-21(28)16-5-7-18(23)8-6-16)20(27)25-14-22(9-11-29-12-10-22)17-3-2-4-19(24)13-17/h2-8,13,15H,9-12,14H2,1H3,(H,25,27)(H,26,28). The molecule has 0 radical (unpaired) electrons. The highest BCUT2D eigenvalue weighted by Gasteiger charge is 2.35. The second-order valence-electron chi connectivity index (χ2n) is 7.32. The van der Waals surface area contributed by atoms with Crippen LogP contribution in [0.3, 0.4) is 0 Å². The zero-order valence-corrected chi connectivity index (χ0v) is 17.0. The van der Waals surface area contributed by atoms with E-state index in [4.69, 9.17) is 16.3 Å². The summed E-state index contributed by atoms with van der Waals surface area (Å²) in [7, 11) is 0. The lowest BCUT2D eigenvalue weighted by atomic mass is 9.74. The van der Waals surface area contributed by atoms with Gasteiger partial charge in [-0.15, -0.1) is 0 Å². The molecule has 1 aliphatic rings. The highest BCUT2D eigenvalue weighted by atomic mass is 35.5. The van der Waals surface area contributed by atoms with Gasteiger partial charge < -0.3 is 15.4 Å². The van der Waals surface area contributed by atoms with Crippen LogP contribution in [0, 0.1) is 5.82 Å². The van der Waals surface area contributed by atoms with Gasteiger partial charge in [0, 0.05) is 35.8 Å². The number of carbonyl (C=O) groups excluding carboxylic acids is 2. The van der Waals surface area contributed by atoms with Crippen LogP contribution in [0.5, 0.6) is 0 Å². The Kier molecular flexibility index (Phi) is 6.87. The van der Waals surface area contributed by atoms with Gasteiger partial charge >= 0.3 is 0 Å². The number of benzene rings is 2. The molecule has 0 saturated carbocycles. The number of ether oxygens (including phenoxy) is 1. The van der Waals surface area contributed by atoms with Crippen LogP contribution >= 0.6 is 11.6 Å². The van der Waals surface area contributed by atoms with Crippen LogP contribution in [0.1, 0.15) is 35.7 Å². The van der Waals surface area contributed by atoms with Crippen molar-refractivity contribution in [1.82, 2.24) is 10.6 Å². The predicted molar refractivity (Wildman–Crippen MR) is 110 cm³/mol. The Labute approximate surface area is 174 Å². The maximum Gasteiger partial charge on any atom is 0.251 e. The Morgan fingerprint density at radius 1 is 1.17 bits per heavy atom. The molecular formula is C22H24ClFN2O3. The Morgan fingerprint density at radius 3 is 2.52 bits per heavy atom. The number of rotatable bonds is 6. The highest BCUT2D eigenvalue weighted by molar-refractivity contribution is 6.30. The van der Waals surface area contributed by atoms with Crippen molar-refractivity contribution in [2.24, 2.45) is 0 Å². The molecule has 1 atom stereocenters. The minimum Gasteiger partial charge on any atom is -0.381 e. The summed E-state index contributed by atoms with van der Waals surface area (Å²) in [5, 5.41) is 6.14. The molecule has 1 heterocycles. The first-order chi connectivity index (χ1) is 13.9. The van der Waals surface area contributed by atoms with E-state index < -0.39 is 11.5 Å². The second-order valence-corrected chi connectivity index (χ2v) is 7.76. The third kappa shape index (κ3) is 5.34. The summed E-state index contributed by atoms with van der Waals surface area (Å²) in [4.78, 5) is 24.9. The van der Waals surface area contributed by atoms with Gasteiger partial charge in [-0.3, -0.25) is 9.59 Å². The van der Waals surface area contributed by atoms with Crippen LogP contribution in [-0.4, -0.2) is 37.6 Å². The van der Waals surface area contributed by atoms with E-state index in [2.05, 4.69) is 10.6 Å². The monoisotopic (exact) mass is 418 g/mol. The Bertz CT molecular complexity index is 867. The maximum absolute atomic E-state index is 13.8. The number of carbonyl (C=O) groups is 2. The van der Waals surface area contributed by atoms with Gasteiger partial charge in [0.2, 0.25) is 5.91 Å². The lowest BCUT2D eigenvalue weighted by Crippen LogP contribution is -2.50. The van der Waals surface area contributed by atoms with Crippen LogP contribution in [0.15, 0.2) is 48.5 Å². The average Bonchev–Trinajstić information content (AvgIpc) is 2.73. The van der Waals surface area contributed by atoms with Gasteiger partial charge in [-0.25, -0.2) is 4.39 Å². The van der Waals surface area contributed by atoms with E-state index in [9.17, 15) is 14.0 Å². The van der Waals surface area contributed by atoms with Crippen LogP contribution in [-0.2, 0) is 14.9 Å². The molecule has 1 fully saturated rings. The third-order valence-electron chi connectivity index (χ3n) is 5.34. The zero-order valence-electron chi connectivity index (χ0n) is 16.2. The molecule has 0 bridgehead atoms. The largest absolute Gasteiger partial charge is 0.381 e. The molecule has 5 nitrogen and oxygen atoms in total. The third-order valence-corrected chi connectivity index (χ3v) is 5.59. The molecule has 2 aromatic rings. The van der Waals surface area contributed by atoms with Crippen molar-refractivity contribution in [3.63, 3.8) is 0 Å². The lowest BCUT2D eigenvalue weighted by Gasteiger charge is -2.38. The number of nitrogens with one attached hydrogen (secondary N) is 2. The van der Waals surface area contributed by atoms with E-state index in [1.165, 1.54) is 12.1 Å². The molecular weight excluding hydrogens is 395 g/mol. The topological polar surface area (TPSA) is 67.4 Å². The summed E-state index contributed by atoms with van der Waals surface area (Å²) in [6.07, 6.45) is 1.37. The molecule has 2 aromatic carbocycles. The van der Waals surface area contributed by atoms with Crippen LogP contribution < -0.4 is 10.6 Å². The van der Waals surface area contributed by atoms with Gasteiger partial charge in [-0.2, -0.15) is 0 Å². The number of amides is 2. The molecule has 29 heavy (non-hydrogen) atoms. The summed E-state index contributed by atoms with van der Waals surface area (Å²) in [6.45, 7) is 3.08. The normalized spacial score (nSPS) is 16.7. The highest BCUT2D eigenvalue weighted by Crippen LogP contribution is 2.34. The number of hydrogen-bond acceptors (Lipinski definition) is 3. The fourth-order valence-electron chi connectivity index (χ4n) is 3.50. The molecule has 0 aliphatic carbocycles. The summed E-state index contributed by atoms with van der Waals surface area (Å²) in [5.41, 5.74) is 0.879. The Hall–Kier alpha value is -2.44. The molecule has 2 N–H and O–H groups in total. The van der Waals surface area contributed by atoms with E-state index >= 15 is 0 Å². The molecule has 154 valence electrons. The maximum atomic E-state index is 13.8. The first-order valence-corrected chi connectivity index (χ1v) is 9.95. The van der Waals surface area contributed by atoms with E-state index in [1.807, 2.05) is 6.07 Å². The number of halogens is 2. The zero-order chi connectivity index (χ0) is 20.9. The van der Waals surface area contributed by atoms with Gasteiger partial charge in [-0.1, -0.05) is 23.7 Å². The smallest absolute Gasteiger partial charge is 0.251 e. The van der Waals surface area contributed by atoms with Crippen molar-refractivity contribution >= 4 is 23.4 Å².